The Morgan fingerprint density at radius 2 is 1.23 bits per heavy atom. The van der Waals surface area contributed by atoms with E-state index in [0.29, 0.717) is 11.8 Å². The smallest absolute Gasteiger partial charge is 0.0491 e. The van der Waals surface area contributed by atoms with Crippen molar-refractivity contribution < 1.29 is 0 Å². The van der Waals surface area contributed by atoms with Gasteiger partial charge >= 0.3 is 0 Å². The summed E-state index contributed by atoms with van der Waals surface area (Å²) in [5, 5.41) is 2.83. The Kier molecular flexibility index (Phi) is 3.99. The van der Waals surface area contributed by atoms with Gasteiger partial charge in [-0.3, -0.25) is 0 Å². The number of fused-ring (bicyclic) bond motifs is 3. The standard InChI is InChI=1S/C21H27N/c1-6-11-22-20-9-7-16(14(2)3)12-18(20)19-13-17(15(4)5)8-10-21(19)22/h7-10,12-15H,6,11H2,1-5H3. The Balaban J connectivity index is 2.36. The molecule has 1 nitrogen and oxygen atoms in total. The van der Waals surface area contributed by atoms with Gasteiger partial charge in [0.05, 0.1) is 0 Å². The first-order valence-electron chi connectivity index (χ1n) is 8.58. The predicted molar refractivity (Wildman–Crippen MR) is 97.9 cm³/mol. The molecule has 0 aliphatic rings. The lowest BCUT2D eigenvalue weighted by atomic mass is 9.98. The highest BCUT2D eigenvalue weighted by Gasteiger charge is 2.13. The highest BCUT2D eigenvalue weighted by Crippen LogP contribution is 2.33. The molecule has 0 unspecified atom stereocenters. The summed E-state index contributed by atoms with van der Waals surface area (Å²) in [7, 11) is 0. The van der Waals surface area contributed by atoms with E-state index in [9.17, 15) is 0 Å². The van der Waals surface area contributed by atoms with Crippen molar-refractivity contribution in [2.24, 2.45) is 0 Å². The SMILES string of the molecule is CCCn1c2ccc(C(C)C)cc2c2cc(C(C)C)ccc21. The zero-order chi connectivity index (χ0) is 15.9. The first-order chi connectivity index (χ1) is 10.5. The molecule has 116 valence electrons. The molecule has 0 atom stereocenters. The second-order valence-electron chi connectivity index (χ2n) is 7.01. The van der Waals surface area contributed by atoms with Gasteiger partial charge in [0, 0.05) is 28.4 Å². The van der Waals surface area contributed by atoms with Crippen LogP contribution in [0.3, 0.4) is 0 Å². The minimum atomic E-state index is 0.572. The average Bonchev–Trinajstić information content (AvgIpc) is 2.81. The average molecular weight is 293 g/mol. The second kappa shape index (κ2) is 5.79. The summed E-state index contributed by atoms with van der Waals surface area (Å²) in [5.41, 5.74) is 5.61. The van der Waals surface area contributed by atoms with Crippen molar-refractivity contribution in [1.29, 1.82) is 0 Å². The summed E-state index contributed by atoms with van der Waals surface area (Å²) in [6, 6.07) is 14.0. The maximum absolute atomic E-state index is 2.48. The molecule has 3 rings (SSSR count). The van der Waals surface area contributed by atoms with E-state index in [1.54, 1.807) is 0 Å². The van der Waals surface area contributed by atoms with Crippen molar-refractivity contribution >= 4 is 21.8 Å². The molecule has 0 bridgehead atoms. The Morgan fingerprint density at radius 1 is 0.773 bits per heavy atom. The Bertz CT molecular complexity index is 740. The van der Waals surface area contributed by atoms with Gasteiger partial charge in [0.1, 0.15) is 0 Å². The highest BCUT2D eigenvalue weighted by molar-refractivity contribution is 6.08. The van der Waals surface area contributed by atoms with Gasteiger partial charge in [0.25, 0.3) is 0 Å². The number of hydrogen-bond donors (Lipinski definition) is 0. The van der Waals surface area contributed by atoms with Gasteiger partial charge in [-0.2, -0.15) is 0 Å². The maximum atomic E-state index is 2.48. The first kappa shape index (κ1) is 15.1. The minimum Gasteiger partial charge on any atom is -0.340 e. The van der Waals surface area contributed by atoms with Crippen LogP contribution in [0, 0.1) is 0 Å². The fraction of sp³-hybridized carbons (Fsp3) is 0.429. The normalized spacial score (nSPS) is 12.1. The number of rotatable bonds is 4. The van der Waals surface area contributed by atoms with E-state index >= 15 is 0 Å². The fourth-order valence-electron chi connectivity index (χ4n) is 3.32. The highest BCUT2D eigenvalue weighted by atomic mass is 15.0. The third-order valence-corrected chi connectivity index (χ3v) is 4.69. The van der Waals surface area contributed by atoms with Crippen LogP contribution in [-0.2, 0) is 6.54 Å². The molecule has 1 aromatic heterocycles. The zero-order valence-corrected chi connectivity index (χ0v) is 14.5. The van der Waals surface area contributed by atoms with Gasteiger partial charge in [-0.15, -0.1) is 0 Å². The summed E-state index contributed by atoms with van der Waals surface area (Å²) < 4.78 is 2.48. The molecule has 0 saturated carbocycles. The molecule has 0 amide bonds. The molecule has 0 radical (unpaired) electrons. The van der Waals surface area contributed by atoms with E-state index in [2.05, 4.69) is 75.6 Å². The molecular formula is C21H27N. The third kappa shape index (κ3) is 2.43. The summed E-state index contributed by atoms with van der Waals surface area (Å²) >= 11 is 0. The molecular weight excluding hydrogens is 266 g/mol. The predicted octanol–water partition coefficient (Wildman–Crippen LogP) is 6.45. The lowest BCUT2D eigenvalue weighted by Gasteiger charge is -2.08. The van der Waals surface area contributed by atoms with Gasteiger partial charge in [0.2, 0.25) is 0 Å². The second-order valence-corrected chi connectivity index (χ2v) is 7.01. The van der Waals surface area contributed by atoms with E-state index in [1.807, 2.05) is 0 Å². The van der Waals surface area contributed by atoms with Crippen molar-refractivity contribution in [2.45, 2.75) is 59.4 Å². The topological polar surface area (TPSA) is 4.93 Å². The Morgan fingerprint density at radius 3 is 1.59 bits per heavy atom. The summed E-state index contributed by atoms with van der Waals surface area (Å²) in [5.74, 6) is 1.14. The van der Waals surface area contributed by atoms with Crippen LogP contribution in [0.4, 0.5) is 0 Å². The van der Waals surface area contributed by atoms with Crippen LogP contribution in [0.25, 0.3) is 21.8 Å². The molecule has 0 aliphatic carbocycles. The van der Waals surface area contributed by atoms with E-state index in [0.717, 1.165) is 13.0 Å². The molecule has 2 aromatic carbocycles. The third-order valence-electron chi connectivity index (χ3n) is 4.69. The van der Waals surface area contributed by atoms with Crippen LogP contribution in [0.2, 0.25) is 0 Å². The summed E-state index contributed by atoms with van der Waals surface area (Å²) in [6.07, 6.45) is 1.16. The van der Waals surface area contributed by atoms with E-state index in [-0.39, 0.29) is 0 Å². The van der Waals surface area contributed by atoms with Crippen LogP contribution < -0.4 is 0 Å². The summed E-state index contributed by atoms with van der Waals surface area (Å²) in [6.45, 7) is 12.4. The maximum Gasteiger partial charge on any atom is 0.0491 e. The molecule has 0 N–H and O–H groups in total. The fourth-order valence-corrected chi connectivity index (χ4v) is 3.32. The molecule has 0 fully saturated rings. The van der Waals surface area contributed by atoms with Gasteiger partial charge in [0.15, 0.2) is 0 Å². The molecule has 22 heavy (non-hydrogen) atoms. The van der Waals surface area contributed by atoms with Crippen molar-refractivity contribution in [1.82, 2.24) is 4.57 Å². The van der Waals surface area contributed by atoms with Crippen molar-refractivity contribution in [3.8, 4) is 0 Å². The quantitative estimate of drug-likeness (QED) is 0.521. The lowest BCUT2D eigenvalue weighted by molar-refractivity contribution is 0.723. The van der Waals surface area contributed by atoms with E-state index in [4.69, 9.17) is 0 Å². The van der Waals surface area contributed by atoms with E-state index in [1.165, 1.54) is 32.9 Å². The largest absolute Gasteiger partial charge is 0.340 e. The van der Waals surface area contributed by atoms with Crippen molar-refractivity contribution in [2.75, 3.05) is 0 Å². The van der Waals surface area contributed by atoms with Crippen LogP contribution in [-0.4, -0.2) is 4.57 Å². The summed E-state index contributed by atoms with van der Waals surface area (Å²) in [4.78, 5) is 0. The van der Waals surface area contributed by atoms with Crippen LogP contribution >= 0.6 is 0 Å². The van der Waals surface area contributed by atoms with Crippen molar-refractivity contribution in [3.05, 3.63) is 47.5 Å². The lowest BCUT2D eigenvalue weighted by Crippen LogP contribution is -1.96. The van der Waals surface area contributed by atoms with Gasteiger partial charge < -0.3 is 4.57 Å². The molecule has 0 saturated heterocycles. The monoisotopic (exact) mass is 293 g/mol. The Hall–Kier alpha value is -1.76. The van der Waals surface area contributed by atoms with Crippen LogP contribution in [0.1, 0.15) is 64.0 Å². The molecule has 0 aliphatic heterocycles. The molecule has 3 aromatic rings. The minimum absolute atomic E-state index is 0.572. The van der Waals surface area contributed by atoms with Crippen LogP contribution in [0.15, 0.2) is 36.4 Å². The Labute approximate surface area is 133 Å². The van der Waals surface area contributed by atoms with Gasteiger partial charge in [-0.1, -0.05) is 46.8 Å². The van der Waals surface area contributed by atoms with Gasteiger partial charge in [-0.05, 0) is 53.6 Å². The number of aromatic nitrogens is 1. The molecule has 0 spiro atoms. The zero-order valence-electron chi connectivity index (χ0n) is 14.5. The first-order valence-corrected chi connectivity index (χ1v) is 8.58. The van der Waals surface area contributed by atoms with Gasteiger partial charge in [-0.25, -0.2) is 0 Å². The van der Waals surface area contributed by atoms with E-state index < -0.39 is 0 Å². The number of benzene rings is 2. The number of aryl methyl sites for hydroxylation is 1. The number of hydrogen-bond acceptors (Lipinski definition) is 0. The van der Waals surface area contributed by atoms with Crippen LogP contribution in [0.5, 0.6) is 0 Å². The molecule has 1 heterocycles. The number of nitrogens with zero attached hydrogens (tertiary/aromatic N) is 1. The molecule has 1 heteroatoms. The van der Waals surface area contributed by atoms with Crippen molar-refractivity contribution in [3.63, 3.8) is 0 Å².